The molecule has 1 fully saturated rings. The predicted molar refractivity (Wildman–Crippen MR) is 114 cm³/mol. The largest absolute Gasteiger partial charge is 0.336 e. The van der Waals surface area contributed by atoms with Gasteiger partial charge in [-0.3, -0.25) is 4.90 Å². The SMILES string of the molecule is Cc1nc(CN2CCN(C(=O)NC(c3ccccc3)c3nccn3C)CC2)cs1. The van der Waals surface area contributed by atoms with Gasteiger partial charge in [0.1, 0.15) is 11.9 Å². The second kappa shape index (κ2) is 8.75. The fraction of sp³-hybridized carbons (Fsp3) is 0.381. The van der Waals surface area contributed by atoms with Crippen LogP contribution >= 0.6 is 11.3 Å². The molecule has 0 aliphatic carbocycles. The summed E-state index contributed by atoms with van der Waals surface area (Å²) in [6, 6.07) is 9.66. The lowest BCUT2D eigenvalue weighted by molar-refractivity contribution is 0.133. The summed E-state index contributed by atoms with van der Waals surface area (Å²) in [5, 5.41) is 6.40. The molecule has 1 aliphatic heterocycles. The van der Waals surface area contributed by atoms with Crippen molar-refractivity contribution in [2.45, 2.75) is 19.5 Å². The highest BCUT2D eigenvalue weighted by Crippen LogP contribution is 2.21. The van der Waals surface area contributed by atoms with Gasteiger partial charge in [0.05, 0.1) is 10.7 Å². The van der Waals surface area contributed by atoms with Gasteiger partial charge >= 0.3 is 6.03 Å². The Morgan fingerprint density at radius 2 is 1.97 bits per heavy atom. The molecule has 2 aromatic heterocycles. The Morgan fingerprint density at radius 1 is 1.21 bits per heavy atom. The summed E-state index contributed by atoms with van der Waals surface area (Å²) in [7, 11) is 1.95. The minimum atomic E-state index is -0.278. The van der Waals surface area contributed by atoms with Crippen LogP contribution in [-0.2, 0) is 13.6 Å². The van der Waals surface area contributed by atoms with Crippen molar-refractivity contribution < 1.29 is 4.79 Å². The van der Waals surface area contributed by atoms with Gasteiger partial charge in [0, 0.05) is 57.5 Å². The molecule has 29 heavy (non-hydrogen) atoms. The minimum absolute atomic E-state index is 0.0500. The molecule has 2 amide bonds. The van der Waals surface area contributed by atoms with Crippen LogP contribution in [0.2, 0.25) is 0 Å². The molecule has 1 saturated heterocycles. The normalized spacial score (nSPS) is 16.0. The highest BCUT2D eigenvalue weighted by Gasteiger charge is 2.26. The molecule has 1 aliphatic rings. The number of urea groups is 1. The Bertz CT molecular complexity index is 945. The second-order valence-electron chi connectivity index (χ2n) is 7.31. The lowest BCUT2D eigenvalue weighted by atomic mass is 10.1. The van der Waals surface area contributed by atoms with Crippen molar-refractivity contribution in [3.8, 4) is 0 Å². The first kappa shape index (κ1) is 19.6. The summed E-state index contributed by atoms with van der Waals surface area (Å²) < 4.78 is 1.95. The van der Waals surface area contributed by atoms with Gasteiger partial charge in [-0.15, -0.1) is 11.3 Å². The second-order valence-corrected chi connectivity index (χ2v) is 8.37. The third kappa shape index (κ3) is 4.65. The zero-order chi connectivity index (χ0) is 20.2. The number of nitrogens with one attached hydrogen (secondary N) is 1. The predicted octanol–water partition coefficient (Wildman–Crippen LogP) is 2.80. The summed E-state index contributed by atoms with van der Waals surface area (Å²) in [6.07, 6.45) is 3.66. The molecule has 0 saturated carbocycles. The van der Waals surface area contributed by atoms with Gasteiger partial charge in [-0.2, -0.15) is 0 Å². The van der Waals surface area contributed by atoms with Crippen molar-refractivity contribution in [3.05, 3.63) is 70.2 Å². The Hall–Kier alpha value is -2.71. The van der Waals surface area contributed by atoms with Gasteiger partial charge in [-0.1, -0.05) is 30.3 Å². The Morgan fingerprint density at radius 3 is 2.59 bits per heavy atom. The fourth-order valence-electron chi connectivity index (χ4n) is 3.63. The molecule has 8 heteroatoms. The maximum atomic E-state index is 13.0. The van der Waals surface area contributed by atoms with Crippen LogP contribution in [0, 0.1) is 6.92 Å². The average Bonchev–Trinajstić information content (AvgIpc) is 3.35. The van der Waals surface area contributed by atoms with Crippen LogP contribution in [0.25, 0.3) is 0 Å². The molecule has 1 unspecified atom stereocenters. The summed E-state index contributed by atoms with van der Waals surface area (Å²) in [5.41, 5.74) is 2.14. The molecule has 152 valence electrons. The van der Waals surface area contributed by atoms with Crippen LogP contribution in [0.3, 0.4) is 0 Å². The van der Waals surface area contributed by atoms with E-state index in [1.165, 1.54) is 0 Å². The third-order valence-electron chi connectivity index (χ3n) is 5.23. The number of benzene rings is 1. The van der Waals surface area contributed by atoms with Crippen molar-refractivity contribution in [2.75, 3.05) is 26.2 Å². The van der Waals surface area contributed by atoms with Crippen LogP contribution in [-0.4, -0.2) is 56.5 Å². The van der Waals surface area contributed by atoms with Crippen LogP contribution in [0.1, 0.15) is 28.1 Å². The van der Waals surface area contributed by atoms with Crippen molar-refractivity contribution in [1.29, 1.82) is 0 Å². The van der Waals surface area contributed by atoms with E-state index < -0.39 is 0 Å². The molecule has 1 N–H and O–H groups in total. The summed E-state index contributed by atoms with van der Waals surface area (Å²) >= 11 is 1.68. The van der Waals surface area contributed by atoms with Crippen molar-refractivity contribution in [2.24, 2.45) is 7.05 Å². The molecular formula is C21H26N6OS. The van der Waals surface area contributed by atoms with E-state index in [0.29, 0.717) is 13.1 Å². The molecule has 7 nitrogen and oxygen atoms in total. The van der Waals surface area contributed by atoms with Gasteiger partial charge < -0.3 is 14.8 Å². The van der Waals surface area contributed by atoms with Crippen molar-refractivity contribution in [1.82, 2.24) is 29.7 Å². The first-order valence-electron chi connectivity index (χ1n) is 9.81. The van der Waals surface area contributed by atoms with Gasteiger partial charge in [0.2, 0.25) is 0 Å². The molecule has 0 radical (unpaired) electrons. The number of piperazine rings is 1. The maximum absolute atomic E-state index is 13.0. The Labute approximate surface area is 175 Å². The monoisotopic (exact) mass is 410 g/mol. The summed E-state index contributed by atoms with van der Waals surface area (Å²) in [5.74, 6) is 0.821. The fourth-order valence-corrected chi connectivity index (χ4v) is 4.24. The number of hydrogen-bond acceptors (Lipinski definition) is 5. The third-order valence-corrected chi connectivity index (χ3v) is 6.05. The molecule has 0 bridgehead atoms. The summed E-state index contributed by atoms with van der Waals surface area (Å²) in [4.78, 5) is 26.3. The smallest absolute Gasteiger partial charge is 0.318 e. The van der Waals surface area contributed by atoms with E-state index in [1.807, 2.05) is 60.0 Å². The van der Waals surface area contributed by atoms with E-state index in [2.05, 4.69) is 25.6 Å². The molecule has 3 heterocycles. The maximum Gasteiger partial charge on any atom is 0.318 e. The standard InChI is InChI=1S/C21H26N6OS/c1-16-23-18(15-29-16)14-26-10-12-27(13-11-26)21(28)24-19(17-6-4-3-5-7-17)20-22-8-9-25(20)2/h3-9,15,19H,10-14H2,1-2H3,(H,24,28). The lowest BCUT2D eigenvalue weighted by Gasteiger charge is -2.35. The Kier molecular flexibility index (Phi) is 5.92. The molecule has 1 atom stereocenters. The van der Waals surface area contributed by atoms with E-state index in [1.54, 1.807) is 17.5 Å². The van der Waals surface area contributed by atoms with E-state index in [9.17, 15) is 4.79 Å². The van der Waals surface area contributed by atoms with Crippen LogP contribution in [0.5, 0.6) is 0 Å². The number of carbonyl (C=O) groups excluding carboxylic acids is 1. The molecule has 0 spiro atoms. The number of amides is 2. The number of aromatic nitrogens is 3. The number of imidazole rings is 1. The number of rotatable bonds is 5. The summed E-state index contributed by atoms with van der Waals surface area (Å²) in [6.45, 7) is 5.99. The molecule has 1 aromatic carbocycles. The zero-order valence-corrected chi connectivity index (χ0v) is 17.6. The number of carbonyl (C=O) groups is 1. The molecule has 3 aromatic rings. The van der Waals surface area contributed by atoms with Gasteiger partial charge in [0.25, 0.3) is 0 Å². The van der Waals surface area contributed by atoms with E-state index in [-0.39, 0.29) is 12.1 Å². The number of aryl methyl sites for hydroxylation is 2. The zero-order valence-electron chi connectivity index (χ0n) is 16.8. The minimum Gasteiger partial charge on any atom is -0.336 e. The number of nitrogens with zero attached hydrogens (tertiary/aromatic N) is 5. The molecular weight excluding hydrogens is 384 g/mol. The highest BCUT2D eigenvalue weighted by atomic mass is 32.1. The average molecular weight is 411 g/mol. The highest BCUT2D eigenvalue weighted by molar-refractivity contribution is 7.09. The Balaban J connectivity index is 1.39. The lowest BCUT2D eigenvalue weighted by Crippen LogP contribution is -2.52. The van der Waals surface area contributed by atoms with Crippen LogP contribution in [0.15, 0.2) is 48.1 Å². The number of hydrogen-bond donors (Lipinski definition) is 1. The topological polar surface area (TPSA) is 66.3 Å². The van der Waals surface area contributed by atoms with E-state index in [0.717, 1.165) is 41.7 Å². The van der Waals surface area contributed by atoms with Crippen molar-refractivity contribution in [3.63, 3.8) is 0 Å². The number of thiazole rings is 1. The first-order valence-corrected chi connectivity index (χ1v) is 10.7. The first-order chi connectivity index (χ1) is 14.1. The van der Waals surface area contributed by atoms with E-state index >= 15 is 0 Å². The van der Waals surface area contributed by atoms with Crippen molar-refractivity contribution >= 4 is 17.4 Å². The quantitative estimate of drug-likeness (QED) is 0.702. The van der Waals surface area contributed by atoms with Crippen LogP contribution in [0.4, 0.5) is 4.79 Å². The van der Waals surface area contributed by atoms with Gasteiger partial charge in [-0.25, -0.2) is 14.8 Å². The van der Waals surface area contributed by atoms with E-state index in [4.69, 9.17) is 0 Å². The molecule has 4 rings (SSSR count). The van der Waals surface area contributed by atoms with Crippen LogP contribution < -0.4 is 5.32 Å². The van der Waals surface area contributed by atoms with Gasteiger partial charge in [0.15, 0.2) is 0 Å². The van der Waals surface area contributed by atoms with Gasteiger partial charge in [-0.05, 0) is 12.5 Å².